The van der Waals surface area contributed by atoms with E-state index in [1.165, 1.54) is 7.05 Å². The Morgan fingerprint density at radius 3 is 2.47 bits per heavy atom. The lowest BCUT2D eigenvalue weighted by molar-refractivity contribution is 0.318. The molecule has 0 aliphatic heterocycles. The van der Waals surface area contributed by atoms with Crippen LogP contribution in [-0.4, -0.2) is 22.1 Å². The lowest BCUT2D eigenvalue weighted by Crippen LogP contribution is -2.18. The Bertz CT molecular complexity index is 680. The molecule has 0 bridgehead atoms. The normalized spacial score (nSPS) is 11.7. The zero-order valence-electron chi connectivity index (χ0n) is 11.0. The molecule has 2 rings (SSSR count). The highest BCUT2D eigenvalue weighted by atomic mass is 32.2. The number of sulfonamides is 1. The fourth-order valence-corrected chi connectivity index (χ4v) is 2.56. The highest BCUT2D eigenvalue weighted by Gasteiger charge is 2.11. The third kappa shape index (κ3) is 3.05. The Balaban J connectivity index is 2.41. The van der Waals surface area contributed by atoms with Crippen molar-refractivity contribution in [2.75, 3.05) is 13.7 Å². The summed E-state index contributed by atoms with van der Waals surface area (Å²) in [5, 5.41) is 1.84. The van der Waals surface area contributed by atoms with Crippen LogP contribution in [0.1, 0.15) is 13.3 Å². The van der Waals surface area contributed by atoms with Crippen LogP contribution in [0, 0.1) is 0 Å². The van der Waals surface area contributed by atoms with Crippen LogP contribution in [0.2, 0.25) is 0 Å². The molecule has 5 heteroatoms. The Kier molecular flexibility index (Phi) is 4.07. The SMILES string of the molecule is CCCOc1ccc2cc(S(=O)(=O)NC)ccc2c1. The molecule has 0 aliphatic rings. The van der Waals surface area contributed by atoms with Crippen molar-refractivity contribution in [3.8, 4) is 5.75 Å². The van der Waals surface area contributed by atoms with Crippen molar-refractivity contribution in [1.29, 1.82) is 0 Å². The third-order valence-electron chi connectivity index (χ3n) is 2.84. The minimum absolute atomic E-state index is 0.268. The van der Waals surface area contributed by atoms with Crippen LogP contribution in [0.5, 0.6) is 5.75 Å². The van der Waals surface area contributed by atoms with E-state index in [0.29, 0.717) is 6.61 Å². The van der Waals surface area contributed by atoms with Crippen molar-refractivity contribution in [2.24, 2.45) is 0 Å². The van der Waals surface area contributed by atoms with Gasteiger partial charge in [-0.25, -0.2) is 13.1 Å². The van der Waals surface area contributed by atoms with Gasteiger partial charge in [0.1, 0.15) is 5.75 Å². The number of nitrogens with one attached hydrogen (secondary N) is 1. The summed E-state index contributed by atoms with van der Waals surface area (Å²) in [6.45, 7) is 2.73. The minimum Gasteiger partial charge on any atom is -0.494 e. The molecule has 0 atom stereocenters. The lowest BCUT2D eigenvalue weighted by Gasteiger charge is -2.07. The van der Waals surface area contributed by atoms with E-state index in [4.69, 9.17) is 4.74 Å². The Labute approximate surface area is 113 Å². The van der Waals surface area contributed by atoms with Crippen molar-refractivity contribution in [2.45, 2.75) is 18.2 Å². The maximum atomic E-state index is 11.7. The summed E-state index contributed by atoms with van der Waals surface area (Å²) in [4.78, 5) is 0.268. The molecule has 0 aromatic heterocycles. The van der Waals surface area contributed by atoms with Crippen molar-refractivity contribution < 1.29 is 13.2 Å². The van der Waals surface area contributed by atoms with Gasteiger partial charge in [0.25, 0.3) is 0 Å². The molecule has 0 unspecified atom stereocenters. The molecule has 0 amide bonds. The maximum absolute atomic E-state index is 11.7. The van der Waals surface area contributed by atoms with Gasteiger partial charge >= 0.3 is 0 Å². The van der Waals surface area contributed by atoms with Crippen LogP contribution >= 0.6 is 0 Å². The monoisotopic (exact) mass is 279 g/mol. The summed E-state index contributed by atoms with van der Waals surface area (Å²) < 4.78 is 31.3. The summed E-state index contributed by atoms with van der Waals surface area (Å²) in [6, 6.07) is 10.7. The quantitative estimate of drug-likeness (QED) is 0.915. The van der Waals surface area contributed by atoms with E-state index >= 15 is 0 Å². The van der Waals surface area contributed by atoms with Crippen LogP contribution in [0.4, 0.5) is 0 Å². The topological polar surface area (TPSA) is 55.4 Å². The molecule has 0 fully saturated rings. The van der Waals surface area contributed by atoms with Crippen LogP contribution in [0.15, 0.2) is 41.3 Å². The smallest absolute Gasteiger partial charge is 0.240 e. The summed E-state index contributed by atoms with van der Waals surface area (Å²) in [5.74, 6) is 0.804. The first-order valence-corrected chi connectivity index (χ1v) is 7.65. The van der Waals surface area contributed by atoms with Gasteiger partial charge < -0.3 is 4.74 Å². The number of hydrogen-bond donors (Lipinski definition) is 1. The molecular weight excluding hydrogens is 262 g/mol. The predicted molar refractivity (Wildman–Crippen MR) is 76.0 cm³/mol. The van der Waals surface area contributed by atoms with E-state index < -0.39 is 10.0 Å². The third-order valence-corrected chi connectivity index (χ3v) is 4.25. The summed E-state index contributed by atoms with van der Waals surface area (Å²) in [5.41, 5.74) is 0. The molecular formula is C14H17NO3S. The van der Waals surface area contributed by atoms with Crippen LogP contribution in [-0.2, 0) is 10.0 Å². The average Bonchev–Trinajstić information content (AvgIpc) is 2.44. The van der Waals surface area contributed by atoms with Gasteiger partial charge in [0, 0.05) is 0 Å². The maximum Gasteiger partial charge on any atom is 0.240 e. The van der Waals surface area contributed by atoms with E-state index in [0.717, 1.165) is 22.9 Å². The lowest BCUT2D eigenvalue weighted by atomic mass is 10.1. The molecule has 0 saturated carbocycles. The summed E-state index contributed by atoms with van der Waals surface area (Å²) >= 11 is 0. The number of benzene rings is 2. The first kappa shape index (κ1) is 13.8. The minimum atomic E-state index is -3.40. The Morgan fingerprint density at radius 2 is 1.79 bits per heavy atom. The van der Waals surface area contributed by atoms with Gasteiger partial charge in [0.2, 0.25) is 10.0 Å². The van der Waals surface area contributed by atoms with Crippen LogP contribution < -0.4 is 9.46 Å². The first-order valence-electron chi connectivity index (χ1n) is 6.17. The molecule has 0 radical (unpaired) electrons. The largest absolute Gasteiger partial charge is 0.494 e. The molecule has 4 nitrogen and oxygen atoms in total. The standard InChI is InChI=1S/C14H17NO3S/c1-3-8-18-13-6-4-12-10-14(19(16,17)15-2)7-5-11(12)9-13/h4-7,9-10,15H,3,8H2,1-2H3. The van der Waals surface area contributed by atoms with E-state index in [1.807, 2.05) is 18.2 Å². The van der Waals surface area contributed by atoms with Gasteiger partial charge in [-0.1, -0.05) is 19.1 Å². The predicted octanol–water partition coefficient (Wildman–Crippen LogP) is 2.54. The zero-order valence-corrected chi connectivity index (χ0v) is 11.8. The zero-order chi connectivity index (χ0) is 13.9. The van der Waals surface area contributed by atoms with E-state index in [9.17, 15) is 8.42 Å². The van der Waals surface area contributed by atoms with Crippen molar-refractivity contribution in [3.05, 3.63) is 36.4 Å². The van der Waals surface area contributed by atoms with E-state index in [1.54, 1.807) is 18.2 Å². The summed E-state index contributed by atoms with van der Waals surface area (Å²) in [6.07, 6.45) is 0.956. The highest BCUT2D eigenvalue weighted by molar-refractivity contribution is 7.89. The fraction of sp³-hybridized carbons (Fsp3) is 0.286. The van der Waals surface area contributed by atoms with Crippen LogP contribution in [0.3, 0.4) is 0 Å². The van der Waals surface area contributed by atoms with Gasteiger partial charge in [-0.2, -0.15) is 0 Å². The van der Waals surface area contributed by atoms with Gasteiger partial charge in [0.05, 0.1) is 11.5 Å². The molecule has 2 aromatic rings. The molecule has 2 aromatic carbocycles. The highest BCUT2D eigenvalue weighted by Crippen LogP contribution is 2.23. The van der Waals surface area contributed by atoms with Crippen molar-refractivity contribution in [1.82, 2.24) is 4.72 Å². The molecule has 0 heterocycles. The summed E-state index contributed by atoms with van der Waals surface area (Å²) in [7, 11) is -1.99. The molecule has 1 N–H and O–H groups in total. The molecule has 0 saturated heterocycles. The number of rotatable bonds is 5. The second-order valence-corrected chi connectivity index (χ2v) is 6.11. The van der Waals surface area contributed by atoms with Gasteiger partial charge in [0.15, 0.2) is 0 Å². The number of fused-ring (bicyclic) bond motifs is 1. The fourth-order valence-electron chi connectivity index (χ4n) is 1.80. The second kappa shape index (κ2) is 5.59. The molecule has 102 valence electrons. The average molecular weight is 279 g/mol. The van der Waals surface area contributed by atoms with E-state index in [2.05, 4.69) is 11.6 Å². The van der Waals surface area contributed by atoms with E-state index in [-0.39, 0.29) is 4.90 Å². The van der Waals surface area contributed by atoms with Crippen molar-refractivity contribution >= 4 is 20.8 Å². The molecule has 19 heavy (non-hydrogen) atoms. The van der Waals surface area contributed by atoms with Crippen LogP contribution in [0.25, 0.3) is 10.8 Å². The molecule has 0 spiro atoms. The number of ether oxygens (including phenoxy) is 1. The molecule has 0 aliphatic carbocycles. The van der Waals surface area contributed by atoms with Gasteiger partial charge in [-0.05, 0) is 48.5 Å². The van der Waals surface area contributed by atoms with Gasteiger partial charge in [-0.15, -0.1) is 0 Å². The van der Waals surface area contributed by atoms with Crippen molar-refractivity contribution in [3.63, 3.8) is 0 Å². The van der Waals surface area contributed by atoms with Gasteiger partial charge in [-0.3, -0.25) is 0 Å². The second-order valence-electron chi connectivity index (χ2n) is 4.23. The Hall–Kier alpha value is -1.59. The first-order chi connectivity index (χ1) is 9.06. The number of hydrogen-bond acceptors (Lipinski definition) is 3. The Morgan fingerprint density at radius 1 is 1.11 bits per heavy atom.